The van der Waals surface area contributed by atoms with E-state index in [0.717, 1.165) is 16.6 Å². The van der Waals surface area contributed by atoms with Gasteiger partial charge in [0.2, 0.25) is 5.91 Å². The molecule has 0 radical (unpaired) electrons. The average Bonchev–Trinajstić information content (AvgIpc) is 2.87. The maximum atomic E-state index is 11.3. The number of hydrogen-bond acceptors (Lipinski definition) is 2. The van der Waals surface area contributed by atoms with Gasteiger partial charge in [-0.25, -0.2) is 0 Å². The standard InChI is InChI=1S/C9H10BrNOS/c10-8-4-3-7(13-8)5-11-9(12)6-1-2-6/h3-4,6H,1-2,5H2,(H,11,12). The van der Waals surface area contributed by atoms with Gasteiger partial charge in [0, 0.05) is 10.8 Å². The summed E-state index contributed by atoms with van der Waals surface area (Å²) in [6.45, 7) is 0.672. The number of hydrogen-bond donors (Lipinski definition) is 1. The van der Waals surface area contributed by atoms with Crippen LogP contribution in [0.4, 0.5) is 0 Å². The molecule has 1 heterocycles. The van der Waals surface area contributed by atoms with Crippen LogP contribution < -0.4 is 5.32 Å². The Labute approximate surface area is 89.5 Å². The zero-order valence-electron chi connectivity index (χ0n) is 7.05. The van der Waals surface area contributed by atoms with Gasteiger partial charge >= 0.3 is 0 Å². The van der Waals surface area contributed by atoms with Crippen molar-refractivity contribution in [1.82, 2.24) is 5.32 Å². The summed E-state index contributed by atoms with van der Waals surface area (Å²) < 4.78 is 1.11. The topological polar surface area (TPSA) is 29.1 Å². The minimum Gasteiger partial charge on any atom is -0.351 e. The Morgan fingerprint density at radius 2 is 2.38 bits per heavy atom. The number of amides is 1. The summed E-state index contributed by atoms with van der Waals surface area (Å²) in [7, 11) is 0. The Hall–Kier alpha value is -0.350. The molecular weight excluding hydrogens is 250 g/mol. The maximum Gasteiger partial charge on any atom is 0.223 e. The van der Waals surface area contributed by atoms with Crippen LogP contribution in [0.5, 0.6) is 0 Å². The van der Waals surface area contributed by atoms with E-state index >= 15 is 0 Å². The van der Waals surface area contributed by atoms with Gasteiger partial charge in [0.05, 0.1) is 10.3 Å². The van der Waals surface area contributed by atoms with E-state index in [1.807, 2.05) is 12.1 Å². The van der Waals surface area contributed by atoms with Crippen molar-refractivity contribution in [2.75, 3.05) is 0 Å². The van der Waals surface area contributed by atoms with Crippen LogP contribution in [0.1, 0.15) is 17.7 Å². The molecule has 0 atom stereocenters. The van der Waals surface area contributed by atoms with Crippen molar-refractivity contribution in [3.05, 3.63) is 20.8 Å². The number of thiophene rings is 1. The molecule has 0 aliphatic heterocycles. The van der Waals surface area contributed by atoms with Crippen molar-refractivity contribution >= 4 is 33.2 Å². The summed E-state index contributed by atoms with van der Waals surface area (Å²) in [6, 6.07) is 4.03. The molecule has 1 aliphatic carbocycles. The molecule has 1 aromatic heterocycles. The summed E-state index contributed by atoms with van der Waals surface area (Å²) in [5.74, 6) is 0.521. The predicted molar refractivity (Wildman–Crippen MR) is 56.6 cm³/mol. The highest BCUT2D eigenvalue weighted by molar-refractivity contribution is 9.11. The highest BCUT2D eigenvalue weighted by Crippen LogP contribution is 2.29. The average molecular weight is 260 g/mol. The second-order valence-electron chi connectivity index (χ2n) is 3.20. The Kier molecular flexibility index (Phi) is 2.69. The molecule has 1 amide bonds. The van der Waals surface area contributed by atoms with Crippen molar-refractivity contribution in [3.8, 4) is 0 Å². The number of nitrogens with one attached hydrogen (secondary N) is 1. The summed E-state index contributed by atoms with van der Waals surface area (Å²) in [6.07, 6.45) is 2.14. The molecule has 0 spiro atoms. The van der Waals surface area contributed by atoms with Gasteiger partial charge < -0.3 is 5.32 Å². The summed E-state index contributed by atoms with van der Waals surface area (Å²) in [5.41, 5.74) is 0. The van der Waals surface area contributed by atoms with Crippen LogP contribution in [0, 0.1) is 5.92 Å². The molecule has 13 heavy (non-hydrogen) atoms. The summed E-state index contributed by atoms with van der Waals surface area (Å²) >= 11 is 5.05. The predicted octanol–water partition coefficient (Wildman–Crippen LogP) is 2.54. The first-order valence-electron chi connectivity index (χ1n) is 4.27. The molecule has 0 saturated heterocycles. The lowest BCUT2D eigenvalue weighted by Gasteiger charge is -2.00. The quantitative estimate of drug-likeness (QED) is 0.889. The van der Waals surface area contributed by atoms with Gasteiger partial charge in [0.25, 0.3) is 0 Å². The molecular formula is C9H10BrNOS. The lowest BCUT2D eigenvalue weighted by atomic mass is 10.4. The molecule has 70 valence electrons. The van der Waals surface area contributed by atoms with Gasteiger partial charge in [0.1, 0.15) is 0 Å². The van der Waals surface area contributed by atoms with Crippen LogP contribution >= 0.6 is 27.3 Å². The first-order valence-corrected chi connectivity index (χ1v) is 5.88. The molecule has 0 aromatic carbocycles. The minimum atomic E-state index is 0.213. The van der Waals surface area contributed by atoms with E-state index in [1.165, 1.54) is 4.88 Å². The largest absolute Gasteiger partial charge is 0.351 e. The van der Waals surface area contributed by atoms with Crippen LogP contribution in [0.15, 0.2) is 15.9 Å². The molecule has 4 heteroatoms. The Morgan fingerprint density at radius 1 is 1.62 bits per heavy atom. The van der Waals surface area contributed by atoms with E-state index in [1.54, 1.807) is 11.3 Å². The molecule has 1 saturated carbocycles. The van der Waals surface area contributed by atoms with E-state index in [9.17, 15) is 4.79 Å². The monoisotopic (exact) mass is 259 g/mol. The highest BCUT2D eigenvalue weighted by atomic mass is 79.9. The van der Waals surface area contributed by atoms with Gasteiger partial charge in [0.15, 0.2) is 0 Å². The zero-order valence-corrected chi connectivity index (χ0v) is 9.45. The Morgan fingerprint density at radius 3 is 2.92 bits per heavy atom. The first-order chi connectivity index (χ1) is 6.25. The van der Waals surface area contributed by atoms with E-state index in [2.05, 4.69) is 21.2 Å². The van der Waals surface area contributed by atoms with Crippen molar-refractivity contribution in [2.45, 2.75) is 19.4 Å². The number of halogens is 1. The van der Waals surface area contributed by atoms with Crippen molar-refractivity contribution in [2.24, 2.45) is 5.92 Å². The molecule has 0 bridgehead atoms. The normalized spacial score (nSPS) is 15.8. The molecule has 1 fully saturated rings. The highest BCUT2D eigenvalue weighted by Gasteiger charge is 2.29. The third-order valence-corrected chi connectivity index (χ3v) is 3.64. The van der Waals surface area contributed by atoms with Crippen LogP contribution in [0.3, 0.4) is 0 Å². The Balaban J connectivity index is 1.81. The summed E-state index contributed by atoms with van der Waals surface area (Å²) in [5, 5.41) is 2.92. The smallest absolute Gasteiger partial charge is 0.223 e. The van der Waals surface area contributed by atoms with Crippen LogP contribution in [-0.4, -0.2) is 5.91 Å². The van der Waals surface area contributed by atoms with Crippen molar-refractivity contribution in [1.29, 1.82) is 0 Å². The molecule has 2 rings (SSSR count). The van der Waals surface area contributed by atoms with E-state index in [4.69, 9.17) is 0 Å². The molecule has 1 aliphatic rings. The lowest BCUT2D eigenvalue weighted by Crippen LogP contribution is -2.23. The first kappa shape index (κ1) is 9.21. The number of carbonyl (C=O) groups excluding carboxylic acids is 1. The molecule has 0 unspecified atom stereocenters. The third-order valence-electron chi connectivity index (χ3n) is 2.01. The molecule has 1 N–H and O–H groups in total. The zero-order chi connectivity index (χ0) is 9.26. The van der Waals surface area contributed by atoms with Crippen LogP contribution in [0.2, 0.25) is 0 Å². The lowest BCUT2D eigenvalue weighted by molar-refractivity contribution is -0.122. The second-order valence-corrected chi connectivity index (χ2v) is 5.75. The molecule has 1 aromatic rings. The van der Waals surface area contributed by atoms with Crippen molar-refractivity contribution in [3.63, 3.8) is 0 Å². The fourth-order valence-electron chi connectivity index (χ4n) is 1.11. The third kappa shape index (κ3) is 2.54. The van der Waals surface area contributed by atoms with E-state index < -0.39 is 0 Å². The van der Waals surface area contributed by atoms with Crippen LogP contribution in [-0.2, 0) is 11.3 Å². The van der Waals surface area contributed by atoms with Crippen molar-refractivity contribution < 1.29 is 4.79 Å². The fraction of sp³-hybridized carbons (Fsp3) is 0.444. The van der Waals surface area contributed by atoms with Gasteiger partial charge in [-0.05, 0) is 40.9 Å². The van der Waals surface area contributed by atoms with Gasteiger partial charge in [-0.2, -0.15) is 0 Å². The fourth-order valence-corrected chi connectivity index (χ4v) is 2.53. The summed E-state index contributed by atoms with van der Waals surface area (Å²) in [4.78, 5) is 12.5. The van der Waals surface area contributed by atoms with Gasteiger partial charge in [-0.3, -0.25) is 4.79 Å². The van der Waals surface area contributed by atoms with E-state index in [0.29, 0.717) is 12.5 Å². The SMILES string of the molecule is O=C(NCc1ccc(Br)s1)C1CC1. The Bertz CT molecular complexity index is 319. The number of rotatable bonds is 3. The number of carbonyl (C=O) groups is 1. The minimum absolute atomic E-state index is 0.213. The van der Waals surface area contributed by atoms with Gasteiger partial charge in [-0.15, -0.1) is 11.3 Å². The maximum absolute atomic E-state index is 11.3. The van der Waals surface area contributed by atoms with Gasteiger partial charge in [-0.1, -0.05) is 0 Å². The van der Waals surface area contributed by atoms with Crippen LogP contribution in [0.25, 0.3) is 0 Å². The molecule has 2 nitrogen and oxygen atoms in total. The van der Waals surface area contributed by atoms with E-state index in [-0.39, 0.29) is 5.91 Å². The second kappa shape index (κ2) is 3.80.